The van der Waals surface area contributed by atoms with Crippen LogP contribution in [0.25, 0.3) is 0 Å². The number of nitro groups is 1. The van der Waals surface area contributed by atoms with Crippen LogP contribution in [-0.4, -0.2) is 28.3 Å². The predicted molar refractivity (Wildman–Crippen MR) is 66.1 cm³/mol. The molecule has 92 valence electrons. The Bertz CT molecular complexity index is 409. The summed E-state index contributed by atoms with van der Waals surface area (Å²) >= 11 is 6.75. The number of rotatable bonds is 6. The highest BCUT2D eigenvalue weighted by atomic mass is 35.5. The molecule has 1 N–H and O–H groups in total. The smallest absolute Gasteiger partial charge is 0.313 e. The van der Waals surface area contributed by atoms with Crippen molar-refractivity contribution in [2.24, 2.45) is 0 Å². The van der Waals surface area contributed by atoms with E-state index in [1.807, 2.05) is 0 Å². The summed E-state index contributed by atoms with van der Waals surface area (Å²) in [7, 11) is 0. The Morgan fingerprint density at radius 3 is 2.53 bits per heavy atom. The van der Waals surface area contributed by atoms with E-state index >= 15 is 0 Å². The van der Waals surface area contributed by atoms with Gasteiger partial charge in [0.2, 0.25) is 6.54 Å². The number of hydrogen-bond acceptors (Lipinski definition) is 4. The monoisotopic (exact) mass is 275 g/mol. The number of carboxylic acids is 1. The first kappa shape index (κ1) is 13.8. The first-order chi connectivity index (χ1) is 7.99. The second kappa shape index (κ2) is 6.46. The van der Waals surface area contributed by atoms with E-state index in [9.17, 15) is 14.9 Å². The van der Waals surface area contributed by atoms with Crippen LogP contribution in [0.2, 0.25) is 5.02 Å². The third-order valence-corrected chi connectivity index (χ3v) is 3.45. The molecule has 1 aromatic carbocycles. The van der Waals surface area contributed by atoms with Gasteiger partial charge in [0.1, 0.15) is 0 Å². The van der Waals surface area contributed by atoms with Crippen molar-refractivity contribution >= 4 is 29.3 Å². The second-order valence-electron chi connectivity index (χ2n) is 3.26. The molecule has 0 spiro atoms. The first-order valence-corrected chi connectivity index (χ1v) is 6.12. The lowest BCUT2D eigenvalue weighted by Crippen LogP contribution is -2.12. The molecule has 0 bridgehead atoms. The van der Waals surface area contributed by atoms with Crippen LogP contribution >= 0.6 is 23.4 Å². The van der Waals surface area contributed by atoms with Crippen molar-refractivity contribution in [2.75, 3.05) is 12.3 Å². The molecule has 0 aliphatic heterocycles. The van der Waals surface area contributed by atoms with Crippen LogP contribution in [0.15, 0.2) is 24.3 Å². The van der Waals surface area contributed by atoms with Gasteiger partial charge in [-0.25, -0.2) is 0 Å². The largest absolute Gasteiger partial charge is 0.481 e. The summed E-state index contributed by atoms with van der Waals surface area (Å²) in [6, 6.07) is 6.60. The molecular weight excluding hydrogens is 266 g/mol. The van der Waals surface area contributed by atoms with E-state index in [0.29, 0.717) is 10.6 Å². The molecule has 7 heteroatoms. The Balaban J connectivity index is 2.77. The van der Waals surface area contributed by atoms with Crippen LogP contribution in [-0.2, 0) is 4.79 Å². The molecule has 17 heavy (non-hydrogen) atoms. The van der Waals surface area contributed by atoms with Crippen molar-refractivity contribution in [1.29, 1.82) is 0 Å². The summed E-state index contributed by atoms with van der Waals surface area (Å²) < 4.78 is 0. The number of hydrogen-bond donors (Lipinski definition) is 1. The number of carbonyl (C=O) groups is 1. The van der Waals surface area contributed by atoms with Crippen LogP contribution in [0.4, 0.5) is 0 Å². The van der Waals surface area contributed by atoms with E-state index in [1.165, 1.54) is 0 Å². The summed E-state index contributed by atoms with van der Waals surface area (Å²) in [5, 5.41) is 19.2. The molecule has 1 rings (SSSR count). The molecule has 0 aromatic heterocycles. The second-order valence-corrected chi connectivity index (χ2v) is 4.89. The van der Waals surface area contributed by atoms with Gasteiger partial charge in [-0.3, -0.25) is 14.9 Å². The molecule has 1 aromatic rings. The third-order valence-electron chi connectivity index (χ3n) is 1.96. The van der Waals surface area contributed by atoms with Crippen LogP contribution in [0.5, 0.6) is 0 Å². The van der Waals surface area contributed by atoms with Crippen molar-refractivity contribution in [3.05, 3.63) is 45.0 Å². The highest BCUT2D eigenvalue weighted by Crippen LogP contribution is 2.29. The van der Waals surface area contributed by atoms with Gasteiger partial charge in [0, 0.05) is 9.95 Å². The lowest BCUT2D eigenvalue weighted by molar-refractivity contribution is -0.479. The Kier molecular flexibility index (Phi) is 5.24. The molecule has 0 fully saturated rings. The Morgan fingerprint density at radius 1 is 1.47 bits per heavy atom. The molecule has 1 unspecified atom stereocenters. The number of aliphatic carboxylic acids is 1. The van der Waals surface area contributed by atoms with Gasteiger partial charge in [0.25, 0.3) is 0 Å². The summed E-state index contributed by atoms with van der Waals surface area (Å²) in [5.41, 5.74) is 0.706. The minimum Gasteiger partial charge on any atom is -0.481 e. The Morgan fingerprint density at radius 2 is 2.06 bits per heavy atom. The maximum Gasteiger partial charge on any atom is 0.313 e. The van der Waals surface area contributed by atoms with E-state index in [-0.39, 0.29) is 12.3 Å². The fourth-order valence-corrected chi connectivity index (χ4v) is 2.29. The minimum atomic E-state index is -0.989. The predicted octanol–water partition coefficient (Wildman–Crippen LogP) is 2.48. The van der Waals surface area contributed by atoms with Crippen molar-refractivity contribution in [3.8, 4) is 0 Å². The van der Waals surface area contributed by atoms with E-state index in [4.69, 9.17) is 16.7 Å². The minimum absolute atomic E-state index is 0.166. The molecule has 0 amide bonds. The average Bonchev–Trinajstić information content (AvgIpc) is 2.25. The van der Waals surface area contributed by atoms with Crippen molar-refractivity contribution < 1.29 is 14.8 Å². The fraction of sp³-hybridized carbons (Fsp3) is 0.300. The van der Waals surface area contributed by atoms with Gasteiger partial charge in [0.05, 0.1) is 11.0 Å². The molecule has 0 aliphatic rings. The molecule has 0 heterocycles. The standard InChI is InChI=1S/C10H10ClNO4S/c11-8-3-1-7(2-4-8)9(5-12(15)16)17-6-10(13)14/h1-4,9H,5-6H2,(H,13,14). The van der Waals surface area contributed by atoms with Gasteiger partial charge < -0.3 is 5.11 Å². The molecule has 0 saturated heterocycles. The van der Waals surface area contributed by atoms with Crippen LogP contribution in [0, 0.1) is 10.1 Å². The summed E-state index contributed by atoms with van der Waals surface area (Å²) in [6.07, 6.45) is 0. The number of halogens is 1. The summed E-state index contributed by atoms with van der Waals surface area (Å²) in [6.45, 7) is -0.306. The number of nitrogens with zero attached hydrogens (tertiary/aromatic N) is 1. The van der Waals surface area contributed by atoms with Crippen molar-refractivity contribution in [3.63, 3.8) is 0 Å². The summed E-state index contributed by atoms with van der Waals surface area (Å²) in [4.78, 5) is 20.5. The first-order valence-electron chi connectivity index (χ1n) is 4.69. The molecule has 0 radical (unpaired) electrons. The zero-order valence-corrected chi connectivity index (χ0v) is 10.3. The molecule has 0 aliphatic carbocycles. The molecule has 0 saturated carbocycles. The Hall–Kier alpha value is -1.27. The third kappa shape index (κ3) is 5.06. The van der Waals surface area contributed by atoms with E-state index in [2.05, 4.69) is 0 Å². The SMILES string of the molecule is O=C(O)CSC(C[N+](=O)[O-])c1ccc(Cl)cc1. The zero-order chi connectivity index (χ0) is 12.8. The molecular formula is C10H10ClNO4S. The van der Waals surface area contributed by atoms with Gasteiger partial charge in [-0.2, -0.15) is 0 Å². The van der Waals surface area contributed by atoms with E-state index in [0.717, 1.165) is 11.8 Å². The lowest BCUT2D eigenvalue weighted by Gasteiger charge is -2.11. The van der Waals surface area contributed by atoms with E-state index in [1.54, 1.807) is 24.3 Å². The molecule has 1 atom stereocenters. The van der Waals surface area contributed by atoms with Crippen LogP contribution in [0.3, 0.4) is 0 Å². The molecule has 5 nitrogen and oxygen atoms in total. The normalized spacial score (nSPS) is 12.1. The van der Waals surface area contributed by atoms with Gasteiger partial charge in [-0.1, -0.05) is 23.7 Å². The summed E-state index contributed by atoms with van der Waals surface area (Å²) in [5.74, 6) is -1.15. The number of thioether (sulfide) groups is 1. The van der Waals surface area contributed by atoms with Gasteiger partial charge in [-0.15, -0.1) is 11.8 Å². The average molecular weight is 276 g/mol. The van der Waals surface area contributed by atoms with Gasteiger partial charge in [-0.05, 0) is 17.7 Å². The topological polar surface area (TPSA) is 80.4 Å². The highest BCUT2D eigenvalue weighted by Gasteiger charge is 2.19. The van der Waals surface area contributed by atoms with Crippen LogP contribution in [0.1, 0.15) is 10.8 Å². The number of carboxylic acid groups (broad SMARTS) is 1. The highest BCUT2D eigenvalue weighted by molar-refractivity contribution is 8.00. The van der Waals surface area contributed by atoms with E-state index < -0.39 is 16.1 Å². The lowest BCUT2D eigenvalue weighted by atomic mass is 10.1. The number of benzene rings is 1. The van der Waals surface area contributed by atoms with Crippen molar-refractivity contribution in [1.82, 2.24) is 0 Å². The Labute approximate surface area is 107 Å². The fourth-order valence-electron chi connectivity index (χ4n) is 1.24. The maximum absolute atomic E-state index is 10.5. The zero-order valence-electron chi connectivity index (χ0n) is 8.71. The maximum atomic E-state index is 10.5. The van der Waals surface area contributed by atoms with Crippen LogP contribution < -0.4 is 0 Å². The quantitative estimate of drug-likeness (QED) is 0.637. The van der Waals surface area contributed by atoms with Crippen molar-refractivity contribution in [2.45, 2.75) is 5.25 Å². The van der Waals surface area contributed by atoms with Gasteiger partial charge in [0.15, 0.2) is 0 Å². The van der Waals surface area contributed by atoms with Gasteiger partial charge >= 0.3 is 5.97 Å².